The van der Waals surface area contributed by atoms with Crippen LogP contribution in [0.1, 0.15) is 33.3 Å². The molecule has 0 N–H and O–H groups in total. The van der Waals surface area contributed by atoms with Gasteiger partial charge in [0.2, 0.25) is 0 Å². The minimum atomic E-state index is -0.963. The minimum absolute atomic E-state index is 0.418. The Balaban J connectivity index is 1.84. The summed E-state index contributed by atoms with van der Waals surface area (Å²) >= 11 is 0. The van der Waals surface area contributed by atoms with Crippen LogP contribution < -0.4 is 0 Å². The molecule has 0 bridgehead atoms. The zero-order chi connectivity index (χ0) is 17.4. The van der Waals surface area contributed by atoms with Gasteiger partial charge in [-0.2, -0.15) is 0 Å². The standard InChI is InChI=1S/C20H22BFO2/c1-19(2)20(3,4)24-21(23-19)18(22)14-15-9-8-12-17(13-15)16-10-6-5-7-11-16/h5-14H,1-4H3. The summed E-state index contributed by atoms with van der Waals surface area (Å²) < 4.78 is 26.1. The highest BCUT2D eigenvalue weighted by molar-refractivity contribution is 6.54. The summed E-state index contributed by atoms with van der Waals surface area (Å²) in [6.07, 6.45) is 1.48. The van der Waals surface area contributed by atoms with E-state index in [0.717, 1.165) is 16.7 Å². The van der Waals surface area contributed by atoms with Crippen LogP contribution in [0.15, 0.2) is 60.3 Å². The van der Waals surface area contributed by atoms with Gasteiger partial charge in [-0.1, -0.05) is 48.5 Å². The third-order valence-corrected chi connectivity index (χ3v) is 4.78. The number of benzene rings is 2. The molecule has 0 spiro atoms. The zero-order valence-corrected chi connectivity index (χ0v) is 14.5. The predicted octanol–water partition coefficient (Wildman–Crippen LogP) is 5.30. The van der Waals surface area contributed by atoms with Gasteiger partial charge in [0, 0.05) is 0 Å². The van der Waals surface area contributed by atoms with E-state index in [2.05, 4.69) is 0 Å². The Morgan fingerprint density at radius 1 is 0.875 bits per heavy atom. The second kappa shape index (κ2) is 6.19. The van der Waals surface area contributed by atoms with Gasteiger partial charge in [-0.3, -0.25) is 0 Å². The molecule has 1 heterocycles. The van der Waals surface area contributed by atoms with E-state index in [1.165, 1.54) is 6.08 Å². The molecule has 0 aromatic heterocycles. The molecule has 0 atom stereocenters. The number of halogens is 1. The molecule has 0 amide bonds. The molecule has 0 aliphatic carbocycles. The first-order valence-electron chi connectivity index (χ1n) is 8.17. The summed E-state index contributed by atoms with van der Waals surface area (Å²) in [4.78, 5) is 0. The van der Waals surface area contributed by atoms with Crippen molar-refractivity contribution in [2.75, 3.05) is 0 Å². The van der Waals surface area contributed by atoms with Crippen LogP contribution in [0.2, 0.25) is 0 Å². The largest absolute Gasteiger partial charge is 0.525 e. The summed E-state index contributed by atoms with van der Waals surface area (Å²) in [5.41, 5.74) is 1.42. The van der Waals surface area contributed by atoms with Gasteiger partial charge in [-0.05, 0) is 56.5 Å². The van der Waals surface area contributed by atoms with Crippen molar-refractivity contribution < 1.29 is 13.7 Å². The van der Waals surface area contributed by atoms with Crippen molar-refractivity contribution in [1.29, 1.82) is 0 Å². The highest BCUT2D eigenvalue weighted by atomic mass is 19.1. The van der Waals surface area contributed by atoms with Crippen molar-refractivity contribution in [3.8, 4) is 11.1 Å². The minimum Gasteiger partial charge on any atom is -0.398 e. The third-order valence-electron chi connectivity index (χ3n) is 4.78. The molecule has 1 saturated heterocycles. The molecule has 0 radical (unpaired) electrons. The first kappa shape index (κ1) is 16.9. The molecule has 3 rings (SSSR count). The lowest BCUT2D eigenvalue weighted by Crippen LogP contribution is -2.41. The molecule has 2 nitrogen and oxygen atoms in total. The van der Waals surface area contributed by atoms with E-state index in [4.69, 9.17) is 9.31 Å². The number of hydrogen-bond acceptors (Lipinski definition) is 2. The van der Waals surface area contributed by atoms with Gasteiger partial charge >= 0.3 is 7.12 Å². The van der Waals surface area contributed by atoms with Crippen LogP contribution in [-0.4, -0.2) is 18.3 Å². The molecular formula is C20H22BFO2. The average molecular weight is 324 g/mol. The lowest BCUT2D eigenvalue weighted by atomic mass is 9.86. The molecule has 0 saturated carbocycles. The van der Waals surface area contributed by atoms with E-state index in [-0.39, 0.29) is 0 Å². The first-order valence-corrected chi connectivity index (χ1v) is 8.17. The third kappa shape index (κ3) is 3.30. The van der Waals surface area contributed by atoms with Gasteiger partial charge in [0.1, 0.15) is 5.73 Å². The van der Waals surface area contributed by atoms with Gasteiger partial charge in [0.15, 0.2) is 0 Å². The highest BCUT2D eigenvalue weighted by Crippen LogP contribution is 2.39. The van der Waals surface area contributed by atoms with E-state index in [1.54, 1.807) is 0 Å². The number of hydrogen-bond donors (Lipinski definition) is 0. The second-order valence-electron chi connectivity index (χ2n) is 7.11. The van der Waals surface area contributed by atoms with Gasteiger partial charge in [-0.25, -0.2) is 4.39 Å². The Bertz CT molecular complexity index is 737. The molecule has 1 fully saturated rings. The lowest BCUT2D eigenvalue weighted by Gasteiger charge is -2.32. The average Bonchev–Trinajstić information content (AvgIpc) is 2.77. The van der Waals surface area contributed by atoms with Gasteiger partial charge < -0.3 is 9.31 Å². The molecule has 1 aliphatic heterocycles. The van der Waals surface area contributed by atoms with E-state index in [0.29, 0.717) is 0 Å². The van der Waals surface area contributed by atoms with Crippen LogP contribution in [0.4, 0.5) is 4.39 Å². The lowest BCUT2D eigenvalue weighted by molar-refractivity contribution is 0.00578. The molecule has 124 valence electrons. The van der Waals surface area contributed by atoms with Crippen molar-refractivity contribution >= 4 is 13.2 Å². The summed E-state index contributed by atoms with van der Waals surface area (Å²) in [5.74, 6) is 0. The molecule has 2 aromatic rings. The summed E-state index contributed by atoms with van der Waals surface area (Å²) in [6.45, 7) is 7.65. The molecular weight excluding hydrogens is 302 g/mol. The normalized spacial score (nSPS) is 19.5. The van der Waals surface area contributed by atoms with Crippen molar-refractivity contribution in [3.63, 3.8) is 0 Å². The SMILES string of the molecule is CC1(C)OB(C(F)=Cc2cccc(-c3ccccc3)c2)OC1(C)C. The highest BCUT2D eigenvalue weighted by Gasteiger charge is 2.53. The van der Waals surface area contributed by atoms with E-state index in [1.807, 2.05) is 82.3 Å². The Morgan fingerprint density at radius 2 is 1.46 bits per heavy atom. The summed E-state index contributed by atoms with van der Waals surface area (Å²) in [5, 5.41) is 0. The predicted molar refractivity (Wildman–Crippen MR) is 97.0 cm³/mol. The second-order valence-corrected chi connectivity index (χ2v) is 7.11. The zero-order valence-electron chi connectivity index (χ0n) is 14.5. The van der Waals surface area contributed by atoms with Crippen LogP contribution in [-0.2, 0) is 9.31 Å². The summed E-state index contributed by atoms with van der Waals surface area (Å²) in [6, 6.07) is 17.8. The molecule has 2 aromatic carbocycles. The van der Waals surface area contributed by atoms with E-state index >= 15 is 0 Å². The Kier molecular flexibility index (Phi) is 4.37. The van der Waals surface area contributed by atoms with E-state index < -0.39 is 24.0 Å². The molecule has 4 heteroatoms. The Labute approximate surface area is 143 Å². The molecule has 0 unspecified atom stereocenters. The Hall–Kier alpha value is -1.91. The fourth-order valence-corrected chi connectivity index (χ4v) is 2.62. The van der Waals surface area contributed by atoms with Crippen LogP contribution in [0.3, 0.4) is 0 Å². The maximum absolute atomic E-state index is 14.6. The van der Waals surface area contributed by atoms with Crippen molar-refractivity contribution in [2.45, 2.75) is 38.9 Å². The maximum atomic E-state index is 14.6. The van der Waals surface area contributed by atoms with Crippen LogP contribution >= 0.6 is 0 Å². The monoisotopic (exact) mass is 324 g/mol. The molecule has 1 aliphatic rings. The van der Waals surface area contributed by atoms with Crippen molar-refractivity contribution in [1.82, 2.24) is 0 Å². The van der Waals surface area contributed by atoms with Crippen LogP contribution in [0.25, 0.3) is 17.2 Å². The van der Waals surface area contributed by atoms with Gasteiger partial charge in [-0.15, -0.1) is 0 Å². The van der Waals surface area contributed by atoms with Gasteiger partial charge in [0.25, 0.3) is 0 Å². The first-order chi connectivity index (χ1) is 11.3. The fraction of sp³-hybridized carbons (Fsp3) is 0.300. The van der Waals surface area contributed by atoms with E-state index in [9.17, 15) is 4.39 Å². The van der Waals surface area contributed by atoms with Crippen molar-refractivity contribution in [3.05, 3.63) is 65.9 Å². The molecule has 24 heavy (non-hydrogen) atoms. The van der Waals surface area contributed by atoms with Crippen LogP contribution in [0, 0.1) is 0 Å². The topological polar surface area (TPSA) is 18.5 Å². The smallest absolute Gasteiger partial charge is 0.398 e. The van der Waals surface area contributed by atoms with Crippen LogP contribution in [0.5, 0.6) is 0 Å². The Morgan fingerprint density at radius 3 is 2.08 bits per heavy atom. The maximum Gasteiger partial charge on any atom is 0.525 e. The summed E-state index contributed by atoms with van der Waals surface area (Å²) in [7, 11) is -0.963. The fourth-order valence-electron chi connectivity index (χ4n) is 2.62. The number of rotatable bonds is 3. The van der Waals surface area contributed by atoms with Gasteiger partial charge in [0.05, 0.1) is 11.2 Å². The quantitative estimate of drug-likeness (QED) is 0.714. The van der Waals surface area contributed by atoms with Crippen molar-refractivity contribution in [2.24, 2.45) is 0 Å².